The van der Waals surface area contributed by atoms with Crippen molar-refractivity contribution in [1.29, 1.82) is 0 Å². The predicted octanol–water partition coefficient (Wildman–Crippen LogP) is 0.718. The first-order valence-corrected chi connectivity index (χ1v) is 14.3. The molecule has 0 fully saturated rings. The number of aromatic nitrogens is 3. The van der Waals surface area contributed by atoms with Crippen LogP contribution in [0.2, 0.25) is 0 Å². The number of carbonyl (C=O) groups excluding carboxylic acids is 3. The van der Waals surface area contributed by atoms with Gasteiger partial charge in [0.1, 0.15) is 18.1 Å². The predicted molar refractivity (Wildman–Crippen MR) is 158 cm³/mol. The number of aromatic amines is 2. The first-order chi connectivity index (χ1) is 20.1. The number of carbonyl (C=O) groups is 4. The number of nitrogens with zero attached hydrogens (tertiary/aromatic N) is 1. The summed E-state index contributed by atoms with van der Waals surface area (Å²) in [5.74, 6) is -3.20. The number of carboxylic acid groups (broad SMARTS) is 1. The van der Waals surface area contributed by atoms with E-state index < -0.39 is 47.9 Å². The van der Waals surface area contributed by atoms with E-state index in [9.17, 15) is 24.3 Å². The molecule has 1 aromatic carbocycles. The van der Waals surface area contributed by atoms with Crippen LogP contribution in [0, 0.1) is 5.92 Å². The lowest BCUT2D eigenvalue weighted by Crippen LogP contribution is -2.59. The second-order valence-electron chi connectivity index (χ2n) is 10.6. The third-order valence-corrected chi connectivity index (χ3v) is 7.42. The second kappa shape index (κ2) is 15.7. The third kappa shape index (κ3) is 8.88. The van der Waals surface area contributed by atoms with Crippen molar-refractivity contribution in [3.63, 3.8) is 0 Å². The number of aliphatic carboxylic acids is 1. The van der Waals surface area contributed by atoms with E-state index in [0.29, 0.717) is 31.5 Å². The lowest BCUT2D eigenvalue weighted by molar-refractivity contribution is -0.142. The Hall–Kier alpha value is -4.23. The average molecular weight is 583 g/mol. The molecule has 5 atom stereocenters. The summed E-state index contributed by atoms with van der Waals surface area (Å²) < 4.78 is 0. The largest absolute Gasteiger partial charge is 0.480 e. The van der Waals surface area contributed by atoms with E-state index in [1.807, 2.05) is 44.3 Å². The smallest absolute Gasteiger partial charge is 0.326 e. The summed E-state index contributed by atoms with van der Waals surface area (Å²) in [4.78, 5) is 61.8. The van der Waals surface area contributed by atoms with Crippen LogP contribution in [-0.4, -0.2) is 74.5 Å². The van der Waals surface area contributed by atoms with E-state index in [1.165, 1.54) is 12.5 Å². The van der Waals surface area contributed by atoms with Gasteiger partial charge in [0.2, 0.25) is 17.7 Å². The highest BCUT2D eigenvalue weighted by Gasteiger charge is 2.33. The number of para-hydroxylation sites is 1. The van der Waals surface area contributed by atoms with Crippen molar-refractivity contribution < 1.29 is 24.3 Å². The lowest BCUT2D eigenvalue weighted by Gasteiger charge is -2.28. The maximum atomic E-state index is 13.6. The van der Waals surface area contributed by atoms with E-state index in [1.54, 1.807) is 0 Å². The molecule has 3 aromatic rings. The second-order valence-corrected chi connectivity index (χ2v) is 10.6. The molecule has 0 aliphatic heterocycles. The topological polar surface area (TPSA) is 221 Å². The first kappa shape index (κ1) is 32.3. The zero-order chi connectivity index (χ0) is 30.6. The summed E-state index contributed by atoms with van der Waals surface area (Å²) in [6.45, 7) is 4.11. The first-order valence-electron chi connectivity index (χ1n) is 14.3. The summed E-state index contributed by atoms with van der Waals surface area (Å²) in [5.41, 5.74) is 14.2. The SMILES string of the molecule is CCC(C)C(NC(=O)C(N)Cc1c[nH]c2ccccc12)C(=O)NC(Cc1cnc[nH]1)C(=O)NC(CCCCN)C(=O)O. The molecule has 0 saturated heterocycles. The molecule has 2 aromatic heterocycles. The van der Waals surface area contributed by atoms with Crippen LogP contribution in [0.1, 0.15) is 50.8 Å². The average Bonchev–Trinajstić information content (AvgIpc) is 3.64. The Bertz CT molecular complexity index is 1320. The molecule has 10 N–H and O–H groups in total. The van der Waals surface area contributed by atoms with Gasteiger partial charge in [0.15, 0.2) is 0 Å². The maximum Gasteiger partial charge on any atom is 0.326 e. The van der Waals surface area contributed by atoms with Crippen molar-refractivity contribution in [2.24, 2.45) is 17.4 Å². The van der Waals surface area contributed by atoms with Crippen LogP contribution in [0.3, 0.4) is 0 Å². The number of hydrogen-bond acceptors (Lipinski definition) is 7. The van der Waals surface area contributed by atoms with Crippen LogP contribution >= 0.6 is 0 Å². The molecule has 2 heterocycles. The quantitative estimate of drug-likeness (QED) is 0.106. The lowest BCUT2D eigenvalue weighted by atomic mass is 9.96. The molecule has 0 bridgehead atoms. The molecular weight excluding hydrogens is 540 g/mol. The van der Waals surface area contributed by atoms with E-state index in [2.05, 4.69) is 30.9 Å². The molecule has 0 spiro atoms. The van der Waals surface area contributed by atoms with Gasteiger partial charge >= 0.3 is 5.97 Å². The van der Waals surface area contributed by atoms with E-state index in [-0.39, 0.29) is 25.2 Å². The van der Waals surface area contributed by atoms with E-state index in [4.69, 9.17) is 11.5 Å². The van der Waals surface area contributed by atoms with Gasteiger partial charge in [-0.15, -0.1) is 0 Å². The number of rotatable bonds is 17. The standard InChI is InChI=1S/C29H42N8O5/c1-3-17(2)25(37-26(38)21(31)12-18-14-33-22-9-5-4-8-20(18)22)28(40)36-24(13-19-15-32-16-34-19)27(39)35-23(29(41)42)10-6-7-11-30/h4-5,8-9,14-17,21,23-25,33H,3,6-7,10-13,30-31H2,1-2H3,(H,32,34)(H,35,39)(H,36,40)(H,37,38)(H,41,42). The number of fused-ring (bicyclic) bond motifs is 1. The normalized spacial score (nSPS) is 14.9. The number of hydrogen-bond donors (Lipinski definition) is 8. The van der Waals surface area contributed by atoms with E-state index in [0.717, 1.165) is 16.5 Å². The molecular formula is C29H42N8O5. The van der Waals surface area contributed by atoms with Crippen molar-refractivity contribution >= 4 is 34.6 Å². The minimum absolute atomic E-state index is 0.0357. The minimum Gasteiger partial charge on any atom is -0.480 e. The van der Waals surface area contributed by atoms with Crippen LogP contribution in [0.25, 0.3) is 10.9 Å². The van der Waals surface area contributed by atoms with Gasteiger partial charge in [0.25, 0.3) is 0 Å². The molecule has 5 unspecified atom stereocenters. The van der Waals surface area contributed by atoms with Crippen molar-refractivity contribution in [3.8, 4) is 0 Å². The molecule has 0 aliphatic rings. The minimum atomic E-state index is -1.18. The van der Waals surface area contributed by atoms with Crippen LogP contribution in [-0.2, 0) is 32.0 Å². The molecule has 3 amide bonds. The highest BCUT2D eigenvalue weighted by atomic mass is 16.4. The number of H-pyrrole nitrogens is 2. The van der Waals surface area contributed by atoms with Crippen LogP contribution in [0.5, 0.6) is 0 Å². The highest BCUT2D eigenvalue weighted by molar-refractivity contribution is 5.94. The zero-order valence-corrected chi connectivity index (χ0v) is 24.1. The van der Waals surface area contributed by atoms with Gasteiger partial charge in [-0.25, -0.2) is 9.78 Å². The van der Waals surface area contributed by atoms with Crippen LogP contribution in [0.15, 0.2) is 43.0 Å². The van der Waals surface area contributed by atoms with Crippen molar-refractivity contribution in [2.75, 3.05) is 6.54 Å². The van der Waals surface area contributed by atoms with Crippen molar-refractivity contribution in [1.82, 2.24) is 30.9 Å². The number of imidazole rings is 1. The number of unbranched alkanes of at least 4 members (excludes halogenated alkanes) is 1. The van der Waals surface area contributed by atoms with E-state index >= 15 is 0 Å². The molecule has 13 heteroatoms. The fourth-order valence-corrected chi connectivity index (χ4v) is 4.70. The zero-order valence-electron chi connectivity index (χ0n) is 24.1. The summed E-state index contributed by atoms with van der Waals surface area (Å²) in [7, 11) is 0. The molecule has 0 saturated carbocycles. The van der Waals surface area contributed by atoms with Gasteiger partial charge < -0.3 is 42.5 Å². The summed E-state index contributed by atoms with van der Waals surface area (Å²) >= 11 is 0. The van der Waals surface area contributed by atoms with Crippen LogP contribution in [0.4, 0.5) is 0 Å². The Balaban J connectivity index is 1.73. The summed E-state index contributed by atoms with van der Waals surface area (Å²) in [5, 5.41) is 18.6. The number of nitrogens with two attached hydrogens (primary N) is 2. The Morgan fingerprint density at radius 1 is 0.976 bits per heavy atom. The fourth-order valence-electron chi connectivity index (χ4n) is 4.70. The maximum absolute atomic E-state index is 13.6. The number of amides is 3. The molecule has 42 heavy (non-hydrogen) atoms. The van der Waals surface area contributed by atoms with Gasteiger partial charge in [-0.2, -0.15) is 0 Å². The molecule has 228 valence electrons. The highest BCUT2D eigenvalue weighted by Crippen LogP contribution is 2.19. The molecule has 0 radical (unpaired) electrons. The van der Waals surface area contributed by atoms with Gasteiger partial charge in [0, 0.05) is 35.4 Å². The summed E-state index contributed by atoms with van der Waals surface area (Å²) in [6, 6.07) is 3.53. The Morgan fingerprint density at radius 3 is 2.38 bits per heavy atom. The fraction of sp³-hybridized carbons (Fsp3) is 0.483. The Kier molecular flexibility index (Phi) is 12.1. The van der Waals surface area contributed by atoms with Gasteiger partial charge in [-0.1, -0.05) is 38.5 Å². The van der Waals surface area contributed by atoms with Gasteiger partial charge in [-0.05, 0) is 49.8 Å². The summed E-state index contributed by atoms with van der Waals surface area (Å²) in [6.07, 6.45) is 6.97. The number of nitrogens with one attached hydrogen (secondary N) is 5. The molecule has 13 nitrogen and oxygen atoms in total. The molecule has 0 aliphatic carbocycles. The molecule has 3 rings (SSSR count). The Labute approximate surface area is 244 Å². The number of carboxylic acids is 1. The Morgan fingerprint density at radius 2 is 1.71 bits per heavy atom. The van der Waals surface area contributed by atoms with Crippen molar-refractivity contribution in [2.45, 2.75) is 76.5 Å². The van der Waals surface area contributed by atoms with Gasteiger partial charge in [-0.3, -0.25) is 14.4 Å². The van der Waals surface area contributed by atoms with Gasteiger partial charge in [0.05, 0.1) is 12.4 Å². The van der Waals surface area contributed by atoms with Crippen LogP contribution < -0.4 is 27.4 Å². The monoisotopic (exact) mass is 582 g/mol. The number of benzene rings is 1. The van der Waals surface area contributed by atoms with Crippen molar-refractivity contribution in [3.05, 3.63) is 54.2 Å². The third-order valence-electron chi connectivity index (χ3n) is 7.42.